The number of nitrogen functional groups attached to an aromatic ring is 1. The Morgan fingerprint density at radius 3 is 2.72 bits per heavy atom. The molecule has 2 aromatic rings. The molecular formula is C14H17BrN2O. The third kappa shape index (κ3) is 2.58. The second-order valence-corrected chi connectivity index (χ2v) is 5.81. The van der Waals surface area contributed by atoms with Gasteiger partial charge in [0, 0.05) is 15.6 Å². The van der Waals surface area contributed by atoms with Crippen molar-refractivity contribution in [1.82, 2.24) is 5.16 Å². The molecule has 0 aliphatic rings. The zero-order chi connectivity index (χ0) is 13.3. The summed E-state index contributed by atoms with van der Waals surface area (Å²) < 4.78 is 6.16. The van der Waals surface area contributed by atoms with Crippen molar-refractivity contribution in [2.24, 2.45) is 5.92 Å². The average molecular weight is 309 g/mol. The quantitative estimate of drug-likeness (QED) is 0.924. The molecule has 0 aliphatic heterocycles. The van der Waals surface area contributed by atoms with Crippen molar-refractivity contribution < 1.29 is 4.52 Å². The summed E-state index contributed by atoms with van der Waals surface area (Å²) in [5, 5.41) is 4.10. The first-order chi connectivity index (χ1) is 8.49. The molecule has 1 heterocycles. The van der Waals surface area contributed by atoms with Crippen LogP contribution in [0.25, 0.3) is 11.3 Å². The lowest BCUT2D eigenvalue weighted by molar-refractivity contribution is 0.438. The summed E-state index contributed by atoms with van der Waals surface area (Å²) in [6.45, 7) is 6.36. The molecule has 0 unspecified atom stereocenters. The van der Waals surface area contributed by atoms with E-state index in [1.54, 1.807) is 0 Å². The predicted octanol–water partition coefficient (Wildman–Crippen LogP) is 4.19. The van der Waals surface area contributed by atoms with Gasteiger partial charge in [-0.25, -0.2) is 0 Å². The topological polar surface area (TPSA) is 52.0 Å². The number of halogens is 1. The van der Waals surface area contributed by atoms with Crippen molar-refractivity contribution in [2.75, 3.05) is 5.73 Å². The van der Waals surface area contributed by atoms with Crippen LogP contribution in [-0.4, -0.2) is 5.16 Å². The zero-order valence-electron chi connectivity index (χ0n) is 10.8. The van der Waals surface area contributed by atoms with Gasteiger partial charge >= 0.3 is 0 Å². The summed E-state index contributed by atoms with van der Waals surface area (Å²) in [5.74, 6) is 0.931. The SMILES string of the molecule is Cc1ccc(-c2noc(N)c2CC(C)C)c(Br)c1. The van der Waals surface area contributed by atoms with Gasteiger partial charge in [0.2, 0.25) is 5.88 Å². The van der Waals surface area contributed by atoms with E-state index in [0.717, 1.165) is 27.7 Å². The van der Waals surface area contributed by atoms with E-state index in [1.165, 1.54) is 5.56 Å². The minimum Gasteiger partial charge on any atom is -0.367 e. The number of anilines is 1. The molecule has 0 radical (unpaired) electrons. The molecule has 1 aromatic heterocycles. The Morgan fingerprint density at radius 2 is 2.11 bits per heavy atom. The number of hydrogen-bond donors (Lipinski definition) is 1. The minimum atomic E-state index is 0.422. The molecule has 3 nitrogen and oxygen atoms in total. The Balaban J connectivity index is 2.50. The second kappa shape index (κ2) is 5.14. The van der Waals surface area contributed by atoms with E-state index < -0.39 is 0 Å². The van der Waals surface area contributed by atoms with E-state index >= 15 is 0 Å². The van der Waals surface area contributed by atoms with Gasteiger partial charge in [0.05, 0.1) is 0 Å². The molecule has 0 fully saturated rings. The first-order valence-corrected chi connectivity index (χ1v) is 6.79. The van der Waals surface area contributed by atoms with E-state index in [4.69, 9.17) is 10.3 Å². The number of rotatable bonds is 3. The molecule has 4 heteroatoms. The molecule has 0 amide bonds. The zero-order valence-corrected chi connectivity index (χ0v) is 12.4. The molecule has 96 valence electrons. The van der Waals surface area contributed by atoms with E-state index in [0.29, 0.717) is 11.8 Å². The molecular weight excluding hydrogens is 292 g/mol. The largest absolute Gasteiger partial charge is 0.367 e. The highest BCUT2D eigenvalue weighted by atomic mass is 79.9. The summed E-state index contributed by atoms with van der Waals surface area (Å²) in [6, 6.07) is 6.17. The van der Waals surface area contributed by atoms with E-state index in [-0.39, 0.29) is 0 Å². The fourth-order valence-electron chi connectivity index (χ4n) is 1.95. The van der Waals surface area contributed by atoms with Crippen LogP contribution in [0.15, 0.2) is 27.2 Å². The van der Waals surface area contributed by atoms with Gasteiger partial charge in [-0.05, 0) is 30.9 Å². The van der Waals surface area contributed by atoms with Gasteiger partial charge in [-0.1, -0.05) is 47.1 Å². The van der Waals surface area contributed by atoms with Crippen LogP contribution < -0.4 is 5.73 Å². The fraction of sp³-hybridized carbons (Fsp3) is 0.357. The Hall–Kier alpha value is -1.29. The van der Waals surface area contributed by atoms with Gasteiger partial charge in [-0.15, -0.1) is 0 Å². The molecule has 0 aliphatic carbocycles. The summed E-state index contributed by atoms with van der Waals surface area (Å²) in [4.78, 5) is 0. The van der Waals surface area contributed by atoms with Crippen molar-refractivity contribution in [3.63, 3.8) is 0 Å². The molecule has 0 saturated carbocycles. The highest BCUT2D eigenvalue weighted by Gasteiger charge is 2.18. The summed E-state index contributed by atoms with van der Waals surface area (Å²) >= 11 is 3.57. The van der Waals surface area contributed by atoms with Crippen molar-refractivity contribution in [3.8, 4) is 11.3 Å². The molecule has 2 rings (SSSR count). The number of hydrogen-bond acceptors (Lipinski definition) is 3. The number of nitrogens with zero attached hydrogens (tertiary/aromatic N) is 1. The van der Waals surface area contributed by atoms with Crippen molar-refractivity contribution in [3.05, 3.63) is 33.8 Å². The van der Waals surface area contributed by atoms with Gasteiger partial charge in [-0.2, -0.15) is 0 Å². The maximum Gasteiger partial charge on any atom is 0.225 e. The Bertz CT molecular complexity index is 561. The third-order valence-corrected chi connectivity index (χ3v) is 3.47. The summed E-state index contributed by atoms with van der Waals surface area (Å²) in [7, 11) is 0. The highest BCUT2D eigenvalue weighted by molar-refractivity contribution is 9.10. The third-order valence-electron chi connectivity index (χ3n) is 2.81. The first-order valence-electron chi connectivity index (χ1n) is 5.99. The predicted molar refractivity (Wildman–Crippen MR) is 77.3 cm³/mol. The lowest BCUT2D eigenvalue weighted by atomic mass is 9.99. The number of benzene rings is 1. The molecule has 0 bridgehead atoms. The second-order valence-electron chi connectivity index (χ2n) is 4.96. The van der Waals surface area contributed by atoms with Gasteiger partial charge in [0.25, 0.3) is 0 Å². The van der Waals surface area contributed by atoms with Crippen LogP contribution in [0.2, 0.25) is 0 Å². The Labute approximate surface area is 115 Å². The van der Waals surface area contributed by atoms with E-state index in [2.05, 4.69) is 54.0 Å². The van der Waals surface area contributed by atoms with Crippen LogP contribution >= 0.6 is 15.9 Å². The Morgan fingerprint density at radius 1 is 1.39 bits per heavy atom. The van der Waals surface area contributed by atoms with E-state index in [9.17, 15) is 0 Å². The maximum atomic E-state index is 5.86. The Kier molecular flexibility index (Phi) is 3.76. The summed E-state index contributed by atoms with van der Waals surface area (Å²) in [5.41, 5.74) is 9.92. The number of nitrogens with two attached hydrogens (primary N) is 1. The van der Waals surface area contributed by atoms with Crippen molar-refractivity contribution >= 4 is 21.8 Å². The lowest BCUT2D eigenvalue weighted by Crippen LogP contribution is -1.98. The van der Waals surface area contributed by atoms with Gasteiger partial charge in [-0.3, -0.25) is 0 Å². The number of aryl methyl sites for hydroxylation is 1. The van der Waals surface area contributed by atoms with Crippen LogP contribution in [0, 0.1) is 12.8 Å². The monoisotopic (exact) mass is 308 g/mol. The molecule has 1 aromatic carbocycles. The van der Waals surface area contributed by atoms with Crippen LogP contribution in [0.5, 0.6) is 0 Å². The standard InChI is InChI=1S/C14H17BrN2O/c1-8(2)6-11-13(17-18-14(11)16)10-5-4-9(3)7-12(10)15/h4-5,7-8H,6,16H2,1-3H3. The normalized spacial score (nSPS) is 11.2. The van der Waals surface area contributed by atoms with Crippen LogP contribution in [-0.2, 0) is 6.42 Å². The van der Waals surface area contributed by atoms with Gasteiger partial charge < -0.3 is 10.3 Å². The number of aromatic nitrogens is 1. The maximum absolute atomic E-state index is 5.86. The molecule has 0 saturated heterocycles. The lowest BCUT2D eigenvalue weighted by Gasteiger charge is -2.07. The summed E-state index contributed by atoms with van der Waals surface area (Å²) in [6.07, 6.45) is 0.866. The molecule has 0 atom stereocenters. The van der Waals surface area contributed by atoms with Crippen LogP contribution in [0.1, 0.15) is 25.0 Å². The van der Waals surface area contributed by atoms with Crippen molar-refractivity contribution in [1.29, 1.82) is 0 Å². The minimum absolute atomic E-state index is 0.422. The smallest absolute Gasteiger partial charge is 0.225 e. The fourth-order valence-corrected chi connectivity index (χ4v) is 2.63. The van der Waals surface area contributed by atoms with Crippen LogP contribution in [0.3, 0.4) is 0 Å². The van der Waals surface area contributed by atoms with Gasteiger partial charge in [0.1, 0.15) is 5.69 Å². The van der Waals surface area contributed by atoms with Gasteiger partial charge in [0.15, 0.2) is 0 Å². The molecule has 18 heavy (non-hydrogen) atoms. The highest BCUT2D eigenvalue weighted by Crippen LogP contribution is 2.34. The molecule has 0 spiro atoms. The molecule has 2 N–H and O–H groups in total. The van der Waals surface area contributed by atoms with E-state index in [1.807, 2.05) is 6.07 Å². The van der Waals surface area contributed by atoms with Crippen molar-refractivity contribution in [2.45, 2.75) is 27.2 Å². The average Bonchev–Trinajstić information content (AvgIpc) is 2.60. The van der Waals surface area contributed by atoms with Crippen LogP contribution in [0.4, 0.5) is 5.88 Å². The first kappa shape index (κ1) is 13.1.